The molecule has 0 aliphatic rings. The van der Waals surface area contributed by atoms with E-state index in [-0.39, 0.29) is 15.7 Å². The Bertz CT molecular complexity index is 511. The minimum absolute atomic E-state index is 0.0265. The molecular formula is C9H12ClNO4S2. The summed E-state index contributed by atoms with van der Waals surface area (Å²) >= 11 is 6.72. The van der Waals surface area contributed by atoms with Crippen LogP contribution in [0.1, 0.15) is 13.3 Å². The van der Waals surface area contributed by atoms with Crippen molar-refractivity contribution in [2.24, 2.45) is 0 Å². The van der Waals surface area contributed by atoms with Crippen LogP contribution in [-0.4, -0.2) is 36.9 Å². The molecule has 0 saturated carbocycles. The van der Waals surface area contributed by atoms with Gasteiger partial charge >= 0.3 is 5.97 Å². The second-order valence-electron chi connectivity index (χ2n) is 3.34. The second kappa shape index (κ2) is 5.34. The van der Waals surface area contributed by atoms with Gasteiger partial charge in [0, 0.05) is 7.05 Å². The summed E-state index contributed by atoms with van der Waals surface area (Å²) < 4.78 is 25.0. The molecule has 5 nitrogen and oxygen atoms in total. The standard InChI is InChI=1S/C9H12ClNO4S2/c1-3-7(8(12)13)11(2)17(14,15)9-6(10)4-5-16-9/h4-5,7H,3H2,1-2H3,(H,12,13). The van der Waals surface area contributed by atoms with E-state index in [4.69, 9.17) is 16.7 Å². The van der Waals surface area contributed by atoms with E-state index in [1.807, 2.05) is 0 Å². The third-order valence-electron chi connectivity index (χ3n) is 2.31. The lowest BCUT2D eigenvalue weighted by Crippen LogP contribution is -2.41. The maximum Gasteiger partial charge on any atom is 0.321 e. The van der Waals surface area contributed by atoms with Gasteiger partial charge in [0.25, 0.3) is 10.0 Å². The van der Waals surface area contributed by atoms with Crippen LogP contribution in [0.3, 0.4) is 0 Å². The number of rotatable bonds is 5. The number of carboxylic acids is 1. The van der Waals surface area contributed by atoms with E-state index in [1.54, 1.807) is 12.3 Å². The van der Waals surface area contributed by atoms with Gasteiger partial charge in [-0.3, -0.25) is 4.79 Å². The Hall–Kier alpha value is -0.630. The summed E-state index contributed by atoms with van der Waals surface area (Å²) in [7, 11) is -2.60. The quantitative estimate of drug-likeness (QED) is 0.900. The van der Waals surface area contributed by atoms with E-state index in [0.717, 1.165) is 15.6 Å². The minimum atomic E-state index is -3.84. The van der Waals surface area contributed by atoms with Crippen LogP contribution < -0.4 is 0 Å². The molecule has 0 aliphatic carbocycles. The number of thiophene rings is 1. The van der Waals surface area contributed by atoms with Crippen molar-refractivity contribution in [2.45, 2.75) is 23.6 Å². The van der Waals surface area contributed by atoms with Crippen LogP contribution in [0.4, 0.5) is 0 Å². The molecular weight excluding hydrogens is 286 g/mol. The monoisotopic (exact) mass is 297 g/mol. The molecule has 8 heteroatoms. The summed E-state index contributed by atoms with van der Waals surface area (Å²) in [6.45, 7) is 1.61. The Balaban J connectivity index is 3.15. The van der Waals surface area contributed by atoms with Crippen molar-refractivity contribution in [3.05, 3.63) is 16.5 Å². The minimum Gasteiger partial charge on any atom is -0.480 e. The summed E-state index contributed by atoms with van der Waals surface area (Å²) in [5, 5.41) is 10.6. The molecule has 0 aromatic carbocycles. The summed E-state index contributed by atoms with van der Waals surface area (Å²) in [6.07, 6.45) is 0.189. The van der Waals surface area contributed by atoms with Crippen LogP contribution in [-0.2, 0) is 14.8 Å². The summed E-state index contributed by atoms with van der Waals surface area (Å²) in [4.78, 5) is 10.9. The number of nitrogens with zero attached hydrogens (tertiary/aromatic N) is 1. The molecule has 0 saturated heterocycles. The van der Waals surface area contributed by atoms with Crippen molar-refractivity contribution >= 4 is 38.9 Å². The number of carbonyl (C=O) groups is 1. The van der Waals surface area contributed by atoms with Gasteiger partial charge in [-0.2, -0.15) is 4.31 Å². The normalized spacial score (nSPS) is 13.9. The fraction of sp³-hybridized carbons (Fsp3) is 0.444. The Morgan fingerprint density at radius 1 is 1.65 bits per heavy atom. The number of likely N-dealkylation sites (N-methyl/N-ethyl adjacent to an activating group) is 1. The Labute approximate surface area is 109 Å². The van der Waals surface area contributed by atoms with E-state index < -0.39 is 22.0 Å². The first-order chi connectivity index (χ1) is 7.82. The molecule has 0 aliphatic heterocycles. The van der Waals surface area contributed by atoms with Crippen molar-refractivity contribution in [2.75, 3.05) is 7.05 Å². The molecule has 0 bridgehead atoms. The first-order valence-corrected chi connectivity index (χ1v) is 7.46. The first kappa shape index (κ1) is 14.4. The zero-order valence-electron chi connectivity index (χ0n) is 9.25. The van der Waals surface area contributed by atoms with Crippen molar-refractivity contribution in [3.63, 3.8) is 0 Å². The number of sulfonamides is 1. The highest BCUT2D eigenvalue weighted by Crippen LogP contribution is 2.30. The third kappa shape index (κ3) is 2.79. The van der Waals surface area contributed by atoms with Gasteiger partial charge < -0.3 is 5.11 Å². The zero-order valence-corrected chi connectivity index (χ0v) is 11.6. The number of carboxylic acid groups (broad SMARTS) is 1. The molecule has 17 heavy (non-hydrogen) atoms. The fourth-order valence-corrected chi connectivity index (χ4v) is 4.58. The van der Waals surface area contributed by atoms with Crippen molar-refractivity contribution in [1.29, 1.82) is 0 Å². The van der Waals surface area contributed by atoms with Gasteiger partial charge in [-0.25, -0.2) is 8.42 Å². The maximum atomic E-state index is 12.1. The average Bonchev–Trinajstić information content (AvgIpc) is 2.65. The van der Waals surface area contributed by atoms with Crippen LogP contribution in [0.5, 0.6) is 0 Å². The largest absolute Gasteiger partial charge is 0.480 e. The average molecular weight is 298 g/mol. The first-order valence-electron chi connectivity index (χ1n) is 4.76. The van der Waals surface area contributed by atoms with Crippen LogP contribution >= 0.6 is 22.9 Å². The molecule has 1 atom stereocenters. The van der Waals surface area contributed by atoms with E-state index >= 15 is 0 Å². The Morgan fingerprint density at radius 2 is 2.24 bits per heavy atom. The molecule has 1 heterocycles. The summed E-state index contributed by atoms with van der Waals surface area (Å²) in [5.41, 5.74) is 0. The topological polar surface area (TPSA) is 74.7 Å². The van der Waals surface area contributed by atoms with E-state index in [0.29, 0.717) is 0 Å². The van der Waals surface area contributed by atoms with Crippen LogP contribution in [0.2, 0.25) is 5.02 Å². The Morgan fingerprint density at radius 3 is 2.59 bits per heavy atom. The molecule has 0 spiro atoms. The van der Waals surface area contributed by atoms with Crippen molar-refractivity contribution in [3.8, 4) is 0 Å². The number of hydrogen-bond acceptors (Lipinski definition) is 4. The Kier molecular flexibility index (Phi) is 4.54. The highest BCUT2D eigenvalue weighted by atomic mass is 35.5. The van der Waals surface area contributed by atoms with Gasteiger partial charge in [0.05, 0.1) is 5.02 Å². The predicted octanol–water partition coefficient (Wildman–Crippen LogP) is 1.89. The number of halogens is 1. The van der Waals surface area contributed by atoms with Gasteiger partial charge in [-0.05, 0) is 17.9 Å². The predicted molar refractivity (Wildman–Crippen MR) is 66.0 cm³/mol. The molecule has 1 rings (SSSR count). The number of aliphatic carboxylic acids is 1. The van der Waals surface area contributed by atoms with E-state index in [9.17, 15) is 13.2 Å². The van der Waals surface area contributed by atoms with Gasteiger partial charge in [-0.15, -0.1) is 11.3 Å². The lowest BCUT2D eigenvalue weighted by molar-refractivity contribution is -0.141. The molecule has 1 N–H and O–H groups in total. The van der Waals surface area contributed by atoms with Crippen molar-refractivity contribution in [1.82, 2.24) is 4.31 Å². The molecule has 1 aromatic heterocycles. The highest BCUT2D eigenvalue weighted by molar-refractivity contribution is 7.91. The summed E-state index contributed by atoms with van der Waals surface area (Å²) in [5.74, 6) is -1.17. The van der Waals surface area contributed by atoms with Crippen LogP contribution in [0.15, 0.2) is 15.7 Å². The second-order valence-corrected chi connectivity index (χ2v) is 6.86. The van der Waals surface area contributed by atoms with Gasteiger partial charge in [0.1, 0.15) is 6.04 Å². The number of hydrogen-bond donors (Lipinski definition) is 1. The van der Waals surface area contributed by atoms with Crippen LogP contribution in [0.25, 0.3) is 0 Å². The van der Waals surface area contributed by atoms with Gasteiger partial charge in [-0.1, -0.05) is 18.5 Å². The third-order valence-corrected chi connectivity index (χ3v) is 6.18. The summed E-state index contributed by atoms with van der Waals surface area (Å²) in [6, 6.07) is 0.382. The SMILES string of the molecule is CCC(C(=O)O)N(C)S(=O)(=O)c1sccc1Cl. The smallest absolute Gasteiger partial charge is 0.321 e. The lowest BCUT2D eigenvalue weighted by Gasteiger charge is -2.22. The highest BCUT2D eigenvalue weighted by Gasteiger charge is 2.33. The molecule has 0 fully saturated rings. The molecule has 0 radical (unpaired) electrons. The van der Waals surface area contributed by atoms with Crippen LogP contribution in [0, 0.1) is 0 Å². The molecule has 1 unspecified atom stereocenters. The zero-order chi connectivity index (χ0) is 13.2. The van der Waals surface area contributed by atoms with Gasteiger partial charge in [0.15, 0.2) is 4.21 Å². The van der Waals surface area contributed by atoms with E-state index in [2.05, 4.69) is 0 Å². The molecule has 0 amide bonds. The van der Waals surface area contributed by atoms with Crippen molar-refractivity contribution < 1.29 is 18.3 Å². The van der Waals surface area contributed by atoms with E-state index in [1.165, 1.54) is 13.1 Å². The maximum absolute atomic E-state index is 12.1. The van der Waals surface area contributed by atoms with Gasteiger partial charge in [0.2, 0.25) is 0 Å². The fourth-order valence-electron chi connectivity index (χ4n) is 1.35. The molecule has 1 aromatic rings. The molecule has 96 valence electrons. The lowest BCUT2D eigenvalue weighted by atomic mass is 10.2.